The molecule has 5 heteroatoms. The minimum absolute atomic E-state index is 0.0744. The van der Waals surface area contributed by atoms with Crippen molar-refractivity contribution >= 4 is 11.8 Å². The van der Waals surface area contributed by atoms with E-state index in [1.165, 1.54) is 0 Å². The van der Waals surface area contributed by atoms with Gasteiger partial charge in [0.15, 0.2) is 0 Å². The standard InChI is InChI=1S/C12H21N3O2/c1-8-4-10(6-14-5-8)12(17)15-3-2-9(7-15)11(13)16/h8-10,14H,2-7H2,1H3,(H2,13,16). The highest BCUT2D eigenvalue weighted by Gasteiger charge is 2.34. The Morgan fingerprint density at radius 2 is 2.06 bits per heavy atom. The molecule has 2 rings (SSSR count). The maximum atomic E-state index is 12.2. The molecular formula is C12H21N3O2. The molecule has 5 nitrogen and oxygen atoms in total. The van der Waals surface area contributed by atoms with Crippen LogP contribution >= 0.6 is 0 Å². The average molecular weight is 239 g/mol. The molecule has 0 bridgehead atoms. The molecule has 0 aromatic carbocycles. The zero-order valence-corrected chi connectivity index (χ0v) is 10.3. The zero-order valence-electron chi connectivity index (χ0n) is 10.3. The number of nitrogens with one attached hydrogen (secondary N) is 1. The zero-order chi connectivity index (χ0) is 12.4. The monoisotopic (exact) mass is 239 g/mol. The SMILES string of the molecule is CC1CNCC(C(=O)N2CCC(C(N)=O)C2)C1. The van der Waals surface area contributed by atoms with E-state index in [1.54, 1.807) is 4.90 Å². The molecule has 3 atom stereocenters. The molecule has 3 N–H and O–H groups in total. The number of rotatable bonds is 2. The number of hydrogen-bond donors (Lipinski definition) is 2. The molecule has 0 radical (unpaired) electrons. The van der Waals surface area contributed by atoms with Crippen LogP contribution in [0.2, 0.25) is 0 Å². The van der Waals surface area contributed by atoms with Gasteiger partial charge in [-0.1, -0.05) is 6.92 Å². The molecule has 2 heterocycles. The summed E-state index contributed by atoms with van der Waals surface area (Å²) in [7, 11) is 0. The Morgan fingerprint density at radius 1 is 1.29 bits per heavy atom. The molecule has 2 fully saturated rings. The molecular weight excluding hydrogens is 218 g/mol. The molecule has 2 amide bonds. The van der Waals surface area contributed by atoms with E-state index in [4.69, 9.17) is 5.73 Å². The number of carbonyl (C=O) groups is 2. The fraction of sp³-hybridized carbons (Fsp3) is 0.833. The Bertz CT molecular complexity index is 319. The highest BCUT2D eigenvalue weighted by molar-refractivity contribution is 5.82. The Morgan fingerprint density at radius 3 is 2.65 bits per heavy atom. The average Bonchev–Trinajstić information content (AvgIpc) is 2.77. The molecule has 96 valence electrons. The van der Waals surface area contributed by atoms with Crippen molar-refractivity contribution in [3.05, 3.63) is 0 Å². The van der Waals surface area contributed by atoms with E-state index >= 15 is 0 Å². The molecule has 2 saturated heterocycles. The lowest BCUT2D eigenvalue weighted by Crippen LogP contribution is -2.44. The maximum absolute atomic E-state index is 12.2. The first kappa shape index (κ1) is 12.4. The lowest BCUT2D eigenvalue weighted by atomic mass is 9.91. The van der Waals surface area contributed by atoms with E-state index < -0.39 is 0 Å². The first-order valence-electron chi connectivity index (χ1n) is 6.36. The van der Waals surface area contributed by atoms with Crippen LogP contribution in [-0.4, -0.2) is 42.9 Å². The van der Waals surface area contributed by atoms with Gasteiger partial charge in [0.2, 0.25) is 11.8 Å². The van der Waals surface area contributed by atoms with Crippen molar-refractivity contribution in [1.82, 2.24) is 10.2 Å². The number of nitrogens with two attached hydrogens (primary N) is 1. The molecule has 3 unspecified atom stereocenters. The van der Waals surface area contributed by atoms with Crippen LogP contribution in [0.25, 0.3) is 0 Å². The first-order valence-corrected chi connectivity index (χ1v) is 6.36. The van der Waals surface area contributed by atoms with Gasteiger partial charge in [-0.2, -0.15) is 0 Å². The second-order valence-electron chi connectivity index (χ2n) is 5.37. The Hall–Kier alpha value is -1.10. The topological polar surface area (TPSA) is 75.4 Å². The summed E-state index contributed by atoms with van der Waals surface area (Å²) in [5.74, 6) is 0.383. The predicted molar refractivity (Wildman–Crippen MR) is 64.0 cm³/mol. The Labute approximate surface area is 102 Å². The molecule has 2 aliphatic rings. The van der Waals surface area contributed by atoms with Crippen molar-refractivity contribution in [2.24, 2.45) is 23.5 Å². The second-order valence-corrected chi connectivity index (χ2v) is 5.37. The molecule has 0 spiro atoms. The lowest BCUT2D eigenvalue weighted by Gasteiger charge is -2.30. The summed E-state index contributed by atoms with van der Waals surface area (Å²) in [6, 6.07) is 0. The summed E-state index contributed by atoms with van der Waals surface area (Å²) < 4.78 is 0. The van der Waals surface area contributed by atoms with E-state index in [1.807, 2.05) is 0 Å². The normalized spacial score (nSPS) is 33.7. The summed E-state index contributed by atoms with van der Waals surface area (Å²) in [5.41, 5.74) is 5.27. The van der Waals surface area contributed by atoms with Crippen molar-refractivity contribution in [1.29, 1.82) is 0 Å². The highest BCUT2D eigenvalue weighted by atomic mass is 16.2. The number of hydrogen-bond acceptors (Lipinski definition) is 3. The second kappa shape index (κ2) is 5.04. The quantitative estimate of drug-likeness (QED) is 0.686. The van der Waals surface area contributed by atoms with Gasteiger partial charge in [0.25, 0.3) is 0 Å². The van der Waals surface area contributed by atoms with Gasteiger partial charge in [0, 0.05) is 19.6 Å². The minimum atomic E-state index is -0.282. The number of nitrogens with zero attached hydrogens (tertiary/aromatic N) is 1. The van der Waals surface area contributed by atoms with Crippen molar-refractivity contribution in [3.8, 4) is 0 Å². The summed E-state index contributed by atoms with van der Waals surface area (Å²) in [5, 5.41) is 3.28. The number of amides is 2. The van der Waals surface area contributed by atoms with Crippen LogP contribution in [0.1, 0.15) is 19.8 Å². The van der Waals surface area contributed by atoms with Crippen LogP contribution in [0.5, 0.6) is 0 Å². The van der Waals surface area contributed by atoms with Crippen LogP contribution in [0.4, 0.5) is 0 Å². The third kappa shape index (κ3) is 2.77. The van der Waals surface area contributed by atoms with Gasteiger partial charge < -0.3 is 16.0 Å². The summed E-state index contributed by atoms with van der Waals surface area (Å²) in [4.78, 5) is 25.1. The minimum Gasteiger partial charge on any atom is -0.369 e. The summed E-state index contributed by atoms with van der Waals surface area (Å²) in [6.07, 6.45) is 1.67. The number of carbonyl (C=O) groups excluding carboxylic acids is 2. The van der Waals surface area contributed by atoms with E-state index in [9.17, 15) is 9.59 Å². The van der Waals surface area contributed by atoms with Crippen LogP contribution in [0.3, 0.4) is 0 Å². The third-order valence-electron chi connectivity index (χ3n) is 3.82. The third-order valence-corrected chi connectivity index (χ3v) is 3.82. The fourth-order valence-corrected chi connectivity index (χ4v) is 2.80. The molecule has 2 aliphatic heterocycles. The molecule has 17 heavy (non-hydrogen) atoms. The van der Waals surface area contributed by atoms with Crippen molar-refractivity contribution in [2.45, 2.75) is 19.8 Å². The molecule has 0 aromatic rings. The van der Waals surface area contributed by atoms with Crippen LogP contribution in [0.15, 0.2) is 0 Å². The maximum Gasteiger partial charge on any atom is 0.226 e. The van der Waals surface area contributed by atoms with Gasteiger partial charge in [-0.15, -0.1) is 0 Å². The Kier molecular flexibility index (Phi) is 3.66. The van der Waals surface area contributed by atoms with E-state index in [0.717, 1.165) is 25.9 Å². The first-order chi connectivity index (χ1) is 8.08. The largest absolute Gasteiger partial charge is 0.369 e. The number of piperidine rings is 1. The predicted octanol–water partition coefficient (Wildman–Crippen LogP) is -0.434. The summed E-state index contributed by atoms with van der Waals surface area (Å²) in [6.45, 7) is 5.10. The molecule has 0 aliphatic carbocycles. The number of primary amides is 1. The lowest BCUT2D eigenvalue weighted by molar-refractivity contribution is -0.135. The molecule has 0 saturated carbocycles. The van der Waals surface area contributed by atoms with Gasteiger partial charge in [-0.05, 0) is 25.3 Å². The van der Waals surface area contributed by atoms with Crippen LogP contribution in [0, 0.1) is 17.8 Å². The van der Waals surface area contributed by atoms with Crippen LogP contribution in [-0.2, 0) is 9.59 Å². The van der Waals surface area contributed by atoms with E-state index in [0.29, 0.717) is 19.0 Å². The highest BCUT2D eigenvalue weighted by Crippen LogP contribution is 2.22. The van der Waals surface area contributed by atoms with Gasteiger partial charge in [-0.25, -0.2) is 0 Å². The number of likely N-dealkylation sites (tertiary alicyclic amines) is 1. The summed E-state index contributed by atoms with van der Waals surface area (Å²) >= 11 is 0. The Balaban J connectivity index is 1.90. The molecule has 0 aromatic heterocycles. The van der Waals surface area contributed by atoms with E-state index in [-0.39, 0.29) is 23.7 Å². The van der Waals surface area contributed by atoms with Crippen molar-refractivity contribution < 1.29 is 9.59 Å². The van der Waals surface area contributed by atoms with Gasteiger partial charge in [0.05, 0.1) is 11.8 Å². The van der Waals surface area contributed by atoms with Crippen molar-refractivity contribution in [2.75, 3.05) is 26.2 Å². The van der Waals surface area contributed by atoms with Crippen molar-refractivity contribution in [3.63, 3.8) is 0 Å². The van der Waals surface area contributed by atoms with Crippen LogP contribution < -0.4 is 11.1 Å². The fourth-order valence-electron chi connectivity index (χ4n) is 2.80. The van der Waals surface area contributed by atoms with E-state index in [2.05, 4.69) is 12.2 Å². The van der Waals surface area contributed by atoms with Gasteiger partial charge in [-0.3, -0.25) is 9.59 Å². The van der Waals surface area contributed by atoms with Gasteiger partial charge in [0.1, 0.15) is 0 Å². The van der Waals surface area contributed by atoms with Gasteiger partial charge >= 0.3 is 0 Å². The smallest absolute Gasteiger partial charge is 0.226 e.